The van der Waals surface area contributed by atoms with Crippen molar-refractivity contribution in [2.24, 2.45) is 5.92 Å². The number of ether oxygens (including phenoxy) is 2. The summed E-state index contributed by atoms with van der Waals surface area (Å²) in [6, 6.07) is 8.93. The molecule has 1 N–H and O–H groups in total. The molecule has 1 atom stereocenters. The Morgan fingerprint density at radius 2 is 1.85 bits per heavy atom. The first kappa shape index (κ1) is 18.7. The zero-order chi connectivity index (χ0) is 18.5. The second-order valence-electron chi connectivity index (χ2n) is 7.93. The van der Waals surface area contributed by atoms with Gasteiger partial charge in [0, 0.05) is 51.3 Å². The summed E-state index contributed by atoms with van der Waals surface area (Å²) in [6.45, 7) is 7.51. The average molecular weight is 373 g/mol. The van der Waals surface area contributed by atoms with Gasteiger partial charge in [0.15, 0.2) is 0 Å². The number of nitrogens with one attached hydrogen (secondary N) is 1. The van der Waals surface area contributed by atoms with Crippen LogP contribution in [0.15, 0.2) is 24.3 Å². The number of morpholine rings is 1. The Morgan fingerprint density at radius 3 is 2.56 bits per heavy atom. The summed E-state index contributed by atoms with van der Waals surface area (Å²) in [4.78, 5) is 17.3. The minimum Gasteiger partial charge on any atom is -0.381 e. The van der Waals surface area contributed by atoms with Crippen molar-refractivity contribution in [1.82, 2.24) is 15.1 Å². The van der Waals surface area contributed by atoms with Crippen molar-refractivity contribution in [2.75, 3.05) is 46.1 Å². The van der Waals surface area contributed by atoms with Crippen LogP contribution in [-0.2, 0) is 22.6 Å². The zero-order valence-corrected chi connectivity index (χ0v) is 16.1. The predicted molar refractivity (Wildman–Crippen MR) is 103 cm³/mol. The molecule has 2 saturated heterocycles. The van der Waals surface area contributed by atoms with Crippen LogP contribution in [0.4, 0.5) is 4.79 Å². The number of rotatable bonds is 7. The normalized spacial score (nSPS) is 23.3. The molecule has 2 aliphatic heterocycles. The second-order valence-corrected chi connectivity index (χ2v) is 7.93. The predicted octanol–water partition coefficient (Wildman–Crippen LogP) is 2.23. The first-order chi connectivity index (χ1) is 13.3. The molecule has 27 heavy (non-hydrogen) atoms. The van der Waals surface area contributed by atoms with E-state index in [4.69, 9.17) is 9.47 Å². The topological polar surface area (TPSA) is 54.0 Å². The lowest BCUT2D eigenvalue weighted by Crippen LogP contribution is -2.44. The Morgan fingerprint density at radius 1 is 1.07 bits per heavy atom. The molecule has 1 aromatic rings. The molecule has 0 aromatic heterocycles. The molecule has 1 aromatic carbocycles. The fourth-order valence-electron chi connectivity index (χ4n) is 3.95. The molecule has 3 fully saturated rings. The van der Waals surface area contributed by atoms with Crippen molar-refractivity contribution < 1.29 is 14.3 Å². The van der Waals surface area contributed by atoms with Crippen LogP contribution < -0.4 is 5.32 Å². The van der Waals surface area contributed by atoms with E-state index in [0.29, 0.717) is 18.5 Å². The number of urea groups is 1. The summed E-state index contributed by atoms with van der Waals surface area (Å²) in [7, 11) is 0. The Kier molecular flexibility index (Phi) is 6.27. The average Bonchev–Trinajstić information content (AvgIpc) is 3.41. The molecule has 1 unspecified atom stereocenters. The summed E-state index contributed by atoms with van der Waals surface area (Å²) in [5, 5.41) is 3.17. The number of hydrogen-bond acceptors (Lipinski definition) is 4. The van der Waals surface area contributed by atoms with Crippen LogP contribution >= 0.6 is 0 Å². The number of amides is 2. The van der Waals surface area contributed by atoms with E-state index in [1.54, 1.807) is 0 Å². The van der Waals surface area contributed by atoms with E-state index in [9.17, 15) is 4.79 Å². The third kappa shape index (κ3) is 5.21. The maximum absolute atomic E-state index is 12.8. The van der Waals surface area contributed by atoms with E-state index in [-0.39, 0.29) is 6.03 Å². The fourth-order valence-corrected chi connectivity index (χ4v) is 3.95. The van der Waals surface area contributed by atoms with Crippen LogP contribution in [0.2, 0.25) is 0 Å². The molecule has 2 amide bonds. The van der Waals surface area contributed by atoms with E-state index in [0.717, 1.165) is 71.9 Å². The van der Waals surface area contributed by atoms with Crippen molar-refractivity contribution in [3.8, 4) is 0 Å². The van der Waals surface area contributed by atoms with Gasteiger partial charge in [0.2, 0.25) is 0 Å². The maximum atomic E-state index is 12.8. The van der Waals surface area contributed by atoms with Crippen molar-refractivity contribution >= 4 is 6.03 Å². The second kappa shape index (κ2) is 9.04. The van der Waals surface area contributed by atoms with Gasteiger partial charge in [-0.15, -0.1) is 0 Å². The highest BCUT2D eigenvalue weighted by Gasteiger charge is 2.34. The zero-order valence-electron chi connectivity index (χ0n) is 16.1. The van der Waals surface area contributed by atoms with Gasteiger partial charge in [0.1, 0.15) is 0 Å². The summed E-state index contributed by atoms with van der Waals surface area (Å²) in [5.41, 5.74) is 2.50. The van der Waals surface area contributed by atoms with Gasteiger partial charge in [0.05, 0.1) is 19.8 Å². The highest BCUT2D eigenvalue weighted by molar-refractivity contribution is 5.75. The SMILES string of the molecule is O=C(NCc1ccccc1CN1CCOCC1)N(CC1CCOC1)C1CC1. The molecule has 0 spiro atoms. The molecule has 2 heterocycles. The quantitative estimate of drug-likeness (QED) is 0.796. The molecule has 0 bridgehead atoms. The summed E-state index contributed by atoms with van der Waals surface area (Å²) in [6.07, 6.45) is 3.34. The monoisotopic (exact) mass is 373 g/mol. The highest BCUT2D eigenvalue weighted by atomic mass is 16.5. The van der Waals surface area contributed by atoms with Gasteiger partial charge in [-0.1, -0.05) is 24.3 Å². The van der Waals surface area contributed by atoms with Gasteiger partial charge < -0.3 is 19.7 Å². The van der Waals surface area contributed by atoms with E-state index in [2.05, 4.69) is 34.5 Å². The smallest absolute Gasteiger partial charge is 0.317 e. The molecule has 148 valence electrons. The highest BCUT2D eigenvalue weighted by Crippen LogP contribution is 2.29. The lowest BCUT2D eigenvalue weighted by atomic mass is 10.1. The molecule has 4 rings (SSSR count). The van der Waals surface area contributed by atoms with Gasteiger partial charge in [0.25, 0.3) is 0 Å². The Balaban J connectivity index is 1.33. The Bertz CT molecular complexity index is 623. The first-order valence-corrected chi connectivity index (χ1v) is 10.3. The Labute approximate surface area is 161 Å². The standard InChI is InChI=1S/C21H31N3O3/c25-21(24(20-5-6-20)14-17-7-10-27-16-17)22-13-18-3-1-2-4-19(18)15-23-8-11-26-12-9-23/h1-4,17,20H,5-16H2,(H,22,25). The van der Waals surface area contributed by atoms with Crippen LogP contribution in [0.25, 0.3) is 0 Å². The van der Waals surface area contributed by atoms with Crippen LogP contribution in [-0.4, -0.2) is 67.9 Å². The lowest BCUT2D eigenvalue weighted by Gasteiger charge is -2.28. The molecular weight excluding hydrogens is 342 g/mol. The minimum atomic E-state index is 0.0746. The van der Waals surface area contributed by atoms with Gasteiger partial charge in [-0.2, -0.15) is 0 Å². The van der Waals surface area contributed by atoms with E-state index in [1.807, 2.05) is 4.90 Å². The lowest BCUT2D eigenvalue weighted by molar-refractivity contribution is 0.0340. The molecule has 3 aliphatic rings. The van der Waals surface area contributed by atoms with Crippen LogP contribution in [0.3, 0.4) is 0 Å². The molecular formula is C21H31N3O3. The molecule has 0 radical (unpaired) electrons. The Hall–Kier alpha value is -1.63. The fraction of sp³-hybridized carbons (Fsp3) is 0.667. The number of carbonyl (C=O) groups is 1. The molecule has 1 saturated carbocycles. The van der Waals surface area contributed by atoms with Crippen molar-refractivity contribution in [3.05, 3.63) is 35.4 Å². The van der Waals surface area contributed by atoms with Crippen molar-refractivity contribution in [3.63, 3.8) is 0 Å². The number of carbonyl (C=O) groups excluding carboxylic acids is 1. The third-order valence-electron chi connectivity index (χ3n) is 5.77. The maximum Gasteiger partial charge on any atom is 0.317 e. The largest absolute Gasteiger partial charge is 0.381 e. The van der Waals surface area contributed by atoms with Gasteiger partial charge in [-0.25, -0.2) is 4.79 Å². The van der Waals surface area contributed by atoms with Crippen LogP contribution in [0, 0.1) is 5.92 Å². The molecule has 6 nitrogen and oxygen atoms in total. The summed E-state index contributed by atoms with van der Waals surface area (Å²) >= 11 is 0. The number of benzene rings is 1. The third-order valence-corrected chi connectivity index (χ3v) is 5.77. The summed E-state index contributed by atoms with van der Waals surface area (Å²) in [5.74, 6) is 0.491. The van der Waals surface area contributed by atoms with E-state index in [1.165, 1.54) is 11.1 Å². The molecule has 6 heteroatoms. The van der Waals surface area contributed by atoms with Crippen molar-refractivity contribution in [2.45, 2.75) is 38.4 Å². The summed E-state index contributed by atoms with van der Waals surface area (Å²) < 4.78 is 10.9. The first-order valence-electron chi connectivity index (χ1n) is 10.3. The van der Waals surface area contributed by atoms with Crippen LogP contribution in [0.5, 0.6) is 0 Å². The van der Waals surface area contributed by atoms with E-state index >= 15 is 0 Å². The number of hydrogen-bond donors (Lipinski definition) is 1. The molecule has 1 aliphatic carbocycles. The number of nitrogens with zero attached hydrogens (tertiary/aromatic N) is 2. The van der Waals surface area contributed by atoms with Gasteiger partial charge in [-0.3, -0.25) is 4.90 Å². The van der Waals surface area contributed by atoms with Gasteiger partial charge in [-0.05, 0) is 30.4 Å². The minimum absolute atomic E-state index is 0.0746. The van der Waals surface area contributed by atoms with Crippen molar-refractivity contribution in [1.29, 1.82) is 0 Å². The van der Waals surface area contributed by atoms with E-state index < -0.39 is 0 Å². The van der Waals surface area contributed by atoms with Gasteiger partial charge >= 0.3 is 6.03 Å². The van der Waals surface area contributed by atoms with Crippen LogP contribution in [0.1, 0.15) is 30.4 Å².